The Morgan fingerprint density at radius 2 is 2.13 bits per heavy atom. The predicted molar refractivity (Wildman–Crippen MR) is 95.0 cm³/mol. The number of piperidine rings is 1. The van der Waals surface area contributed by atoms with Gasteiger partial charge >= 0.3 is 0 Å². The van der Waals surface area contributed by atoms with Crippen LogP contribution in [0.25, 0.3) is 0 Å². The first-order valence-corrected chi connectivity index (χ1v) is 8.47. The zero-order valence-electron chi connectivity index (χ0n) is 15.1. The highest BCUT2D eigenvalue weighted by Gasteiger charge is 2.26. The first kappa shape index (κ1) is 17.6. The Kier molecular flexibility index (Phi) is 5.55. The molecule has 0 aromatic heterocycles. The number of likely N-dealkylation sites (tertiary alicyclic amines) is 1. The lowest BCUT2D eigenvalue weighted by Crippen LogP contribution is -2.46. The first-order chi connectivity index (χ1) is 10.8. The van der Waals surface area contributed by atoms with Crippen LogP contribution in [-0.4, -0.2) is 37.0 Å². The van der Waals surface area contributed by atoms with E-state index in [9.17, 15) is 4.79 Å². The van der Waals surface area contributed by atoms with Gasteiger partial charge < -0.3 is 15.0 Å². The average Bonchev–Trinajstić information content (AvgIpc) is 2.46. The fraction of sp³-hybridized carbons (Fsp3) is 0.632. The molecule has 1 unspecified atom stereocenters. The summed E-state index contributed by atoms with van der Waals surface area (Å²) in [6.07, 6.45) is 2.73. The number of methoxy groups -OCH3 is 1. The number of nitrogens with zero attached hydrogens (tertiary/aromatic N) is 1. The SMILES string of the molecule is COc1ccc(C)cc1NC1CCCN(C(=O)CC(C)(C)C)C1. The quantitative estimate of drug-likeness (QED) is 0.917. The maximum atomic E-state index is 12.5. The van der Waals surface area contributed by atoms with Crippen LogP contribution in [0.15, 0.2) is 18.2 Å². The molecular weight excluding hydrogens is 288 g/mol. The molecule has 1 atom stereocenters. The van der Waals surface area contributed by atoms with E-state index in [1.54, 1.807) is 7.11 Å². The molecule has 0 bridgehead atoms. The summed E-state index contributed by atoms with van der Waals surface area (Å²) in [5.74, 6) is 1.12. The van der Waals surface area contributed by atoms with E-state index in [4.69, 9.17) is 4.74 Å². The second-order valence-corrected chi connectivity index (χ2v) is 7.76. The number of hydrogen-bond acceptors (Lipinski definition) is 3. The van der Waals surface area contributed by atoms with E-state index < -0.39 is 0 Å². The second kappa shape index (κ2) is 7.24. The van der Waals surface area contributed by atoms with Gasteiger partial charge in [-0.2, -0.15) is 0 Å². The van der Waals surface area contributed by atoms with Gasteiger partial charge in [-0.15, -0.1) is 0 Å². The zero-order valence-corrected chi connectivity index (χ0v) is 15.1. The van der Waals surface area contributed by atoms with Crippen molar-refractivity contribution in [1.29, 1.82) is 0 Å². The van der Waals surface area contributed by atoms with Crippen molar-refractivity contribution in [2.75, 3.05) is 25.5 Å². The summed E-state index contributed by atoms with van der Waals surface area (Å²) in [6, 6.07) is 6.42. The normalized spacial score (nSPS) is 18.7. The number of carbonyl (C=O) groups excluding carboxylic acids is 1. The van der Waals surface area contributed by atoms with Crippen molar-refractivity contribution >= 4 is 11.6 Å². The number of hydrogen-bond donors (Lipinski definition) is 1. The number of amides is 1. The highest BCUT2D eigenvalue weighted by molar-refractivity contribution is 5.77. The summed E-state index contributed by atoms with van der Waals surface area (Å²) >= 11 is 0. The standard InChI is InChI=1S/C19H30N2O2/c1-14-8-9-17(23-5)16(11-14)20-15-7-6-10-21(13-15)18(22)12-19(2,3)4/h8-9,11,15,20H,6-7,10,12-13H2,1-5H3. The van der Waals surface area contributed by atoms with Gasteiger partial charge in [0, 0.05) is 25.6 Å². The van der Waals surface area contributed by atoms with Crippen molar-refractivity contribution in [3.8, 4) is 5.75 Å². The van der Waals surface area contributed by atoms with Gasteiger partial charge in [0.25, 0.3) is 0 Å². The molecule has 0 spiro atoms. The fourth-order valence-electron chi connectivity index (χ4n) is 3.04. The number of carbonyl (C=O) groups is 1. The van der Waals surface area contributed by atoms with Gasteiger partial charge in [0.15, 0.2) is 0 Å². The van der Waals surface area contributed by atoms with Crippen molar-refractivity contribution in [3.05, 3.63) is 23.8 Å². The van der Waals surface area contributed by atoms with Crippen molar-refractivity contribution in [2.45, 2.75) is 53.0 Å². The van der Waals surface area contributed by atoms with Gasteiger partial charge in [0.05, 0.1) is 12.8 Å². The van der Waals surface area contributed by atoms with Crippen molar-refractivity contribution in [3.63, 3.8) is 0 Å². The van der Waals surface area contributed by atoms with Gasteiger partial charge in [-0.05, 0) is 42.9 Å². The van der Waals surface area contributed by atoms with E-state index in [2.05, 4.69) is 39.1 Å². The fourth-order valence-corrected chi connectivity index (χ4v) is 3.04. The number of rotatable bonds is 4. The largest absolute Gasteiger partial charge is 0.495 e. The van der Waals surface area contributed by atoms with E-state index >= 15 is 0 Å². The molecule has 0 aliphatic carbocycles. The summed E-state index contributed by atoms with van der Waals surface area (Å²) in [7, 11) is 1.69. The Balaban J connectivity index is 2.02. The molecule has 23 heavy (non-hydrogen) atoms. The van der Waals surface area contributed by atoms with Crippen molar-refractivity contribution in [1.82, 2.24) is 4.90 Å². The molecule has 1 amide bonds. The summed E-state index contributed by atoms with van der Waals surface area (Å²) in [5.41, 5.74) is 2.25. The van der Waals surface area contributed by atoms with Crippen LogP contribution in [0, 0.1) is 12.3 Å². The third kappa shape index (κ3) is 5.15. The maximum Gasteiger partial charge on any atom is 0.223 e. The van der Waals surface area contributed by atoms with Crippen LogP contribution in [-0.2, 0) is 4.79 Å². The highest BCUT2D eigenvalue weighted by atomic mass is 16.5. The molecule has 1 heterocycles. The summed E-state index contributed by atoms with van der Waals surface area (Å²) < 4.78 is 5.44. The van der Waals surface area contributed by atoms with Crippen LogP contribution in [0.3, 0.4) is 0 Å². The number of nitrogens with one attached hydrogen (secondary N) is 1. The Morgan fingerprint density at radius 3 is 2.78 bits per heavy atom. The Labute approximate surface area is 140 Å². The van der Waals surface area contributed by atoms with E-state index in [1.807, 2.05) is 17.0 Å². The van der Waals surface area contributed by atoms with Crippen LogP contribution < -0.4 is 10.1 Å². The Morgan fingerprint density at radius 1 is 1.39 bits per heavy atom. The number of anilines is 1. The Bertz CT molecular complexity index is 549. The third-order valence-electron chi connectivity index (χ3n) is 4.17. The molecule has 1 aliphatic heterocycles. The monoisotopic (exact) mass is 318 g/mol. The lowest BCUT2D eigenvalue weighted by atomic mass is 9.91. The van der Waals surface area contributed by atoms with Crippen LogP contribution in [0.5, 0.6) is 5.75 Å². The lowest BCUT2D eigenvalue weighted by Gasteiger charge is -2.35. The van der Waals surface area contributed by atoms with Crippen molar-refractivity contribution < 1.29 is 9.53 Å². The number of benzene rings is 1. The van der Waals surface area contributed by atoms with Gasteiger partial charge in [0.1, 0.15) is 5.75 Å². The van der Waals surface area contributed by atoms with Crippen LogP contribution >= 0.6 is 0 Å². The first-order valence-electron chi connectivity index (χ1n) is 8.47. The predicted octanol–water partition coefficient (Wildman–Crippen LogP) is 3.84. The van der Waals surface area contributed by atoms with Crippen molar-refractivity contribution in [2.24, 2.45) is 5.41 Å². The minimum Gasteiger partial charge on any atom is -0.495 e. The molecule has 1 fully saturated rings. The van der Waals surface area contributed by atoms with Crippen LogP contribution in [0.1, 0.15) is 45.6 Å². The van der Waals surface area contributed by atoms with Gasteiger partial charge in [-0.25, -0.2) is 0 Å². The molecule has 4 nitrogen and oxygen atoms in total. The molecule has 128 valence electrons. The minimum atomic E-state index is 0.0389. The molecular formula is C19H30N2O2. The maximum absolute atomic E-state index is 12.5. The van der Waals surface area contributed by atoms with Gasteiger partial charge in [-0.3, -0.25) is 4.79 Å². The minimum absolute atomic E-state index is 0.0389. The second-order valence-electron chi connectivity index (χ2n) is 7.76. The van der Waals surface area contributed by atoms with Gasteiger partial charge in [0.2, 0.25) is 5.91 Å². The molecule has 4 heteroatoms. The molecule has 2 rings (SSSR count). The zero-order chi connectivity index (χ0) is 17.0. The number of aryl methyl sites for hydroxylation is 1. The summed E-state index contributed by atoms with van der Waals surface area (Å²) in [6.45, 7) is 10.1. The Hall–Kier alpha value is -1.71. The molecule has 1 aromatic carbocycles. The third-order valence-corrected chi connectivity index (χ3v) is 4.17. The van der Waals surface area contributed by atoms with E-state index in [-0.39, 0.29) is 17.4 Å². The molecule has 0 saturated carbocycles. The summed E-state index contributed by atoms with van der Waals surface area (Å²) in [4.78, 5) is 14.5. The molecule has 1 N–H and O–H groups in total. The van der Waals surface area contributed by atoms with Crippen LogP contribution in [0.2, 0.25) is 0 Å². The topological polar surface area (TPSA) is 41.6 Å². The van der Waals surface area contributed by atoms with E-state index in [0.29, 0.717) is 6.42 Å². The van der Waals surface area contributed by atoms with Gasteiger partial charge in [-0.1, -0.05) is 26.8 Å². The average molecular weight is 318 g/mol. The molecule has 0 radical (unpaired) electrons. The smallest absolute Gasteiger partial charge is 0.223 e. The molecule has 1 aliphatic rings. The van der Waals surface area contributed by atoms with E-state index in [0.717, 1.165) is 37.4 Å². The van der Waals surface area contributed by atoms with Crippen LogP contribution in [0.4, 0.5) is 5.69 Å². The lowest BCUT2D eigenvalue weighted by molar-refractivity contribution is -0.134. The van der Waals surface area contributed by atoms with E-state index in [1.165, 1.54) is 5.56 Å². The summed E-state index contributed by atoms with van der Waals surface area (Å²) in [5, 5.41) is 3.57. The highest BCUT2D eigenvalue weighted by Crippen LogP contribution is 2.28. The molecule has 1 saturated heterocycles. The number of ether oxygens (including phenoxy) is 1. The molecule has 1 aromatic rings.